The van der Waals surface area contributed by atoms with Crippen molar-refractivity contribution in [2.24, 2.45) is 0 Å². The molecule has 4 rings (SSSR count). The van der Waals surface area contributed by atoms with Gasteiger partial charge in [-0.15, -0.1) is 0 Å². The van der Waals surface area contributed by atoms with E-state index in [0.717, 1.165) is 49.7 Å². The Hall–Kier alpha value is -2.69. The molecule has 0 radical (unpaired) electrons. The van der Waals surface area contributed by atoms with E-state index in [0.29, 0.717) is 11.3 Å². The number of pyridine rings is 1. The lowest BCUT2D eigenvalue weighted by Gasteiger charge is -2.40. The number of carbonyl (C=O) groups excluding carboxylic acids is 2. The number of rotatable bonds is 4. The molecular formula is C23H27N3O2. The van der Waals surface area contributed by atoms with Crippen LogP contribution in [0.2, 0.25) is 0 Å². The smallest absolute Gasteiger partial charge is 0.270 e. The summed E-state index contributed by atoms with van der Waals surface area (Å²) in [4.78, 5) is 29.8. The van der Waals surface area contributed by atoms with Crippen LogP contribution in [0.1, 0.15) is 70.5 Å². The molecule has 2 unspecified atom stereocenters. The topological polar surface area (TPSA) is 71.1 Å². The van der Waals surface area contributed by atoms with Gasteiger partial charge in [-0.25, -0.2) is 0 Å². The summed E-state index contributed by atoms with van der Waals surface area (Å²) in [5, 5.41) is 6.56. The lowest BCUT2D eigenvalue weighted by atomic mass is 9.78. The van der Waals surface area contributed by atoms with Crippen LogP contribution >= 0.6 is 0 Å². The fraction of sp³-hybridized carbons (Fsp3) is 0.435. The van der Waals surface area contributed by atoms with Crippen LogP contribution < -0.4 is 10.6 Å². The van der Waals surface area contributed by atoms with Crippen molar-refractivity contribution >= 4 is 11.8 Å². The molecule has 5 heteroatoms. The van der Waals surface area contributed by atoms with Gasteiger partial charge in [0.1, 0.15) is 5.69 Å². The summed E-state index contributed by atoms with van der Waals surface area (Å²) in [5.74, 6) is -0.143. The van der Waals surface area contributed by atoms with Gasteiger partial charge in [0, 0.05) is 22.8 Å². The number of aromatic nitrogens is 1. The number of carbonyl (C=O) groups is 2. The van der Waals surface area contributed by atoms with Crippen LogP contribution in [0.25, 0.3) is 0 Å². The van der Waals surface area contributed by atoms with E-state index < -0.39 is 0 Å². The average Bonchev–Trinajstić information content (AvgIpc) is 2.92. The monoisotopic (exact) mass is 377 g/mol. The van der Waals surface area contributed by atoms with E-state index in [1.54, 1.807) is 12.3 Å². The molecule has 2 aliphatic rings. The highest BCUT2D eigenvalue weighted by Gasteiger charge is 2.52. The van der Waals surface area contributed by atoms with Gasteiger partial charge in [0.2, 0.25) is 0 Å². The minimum absolute atomic E-state index is 0.0204. The molecule has 2 bridgehead atoms. The number of fused-ring (bicyclic) bond motifs is 2. The summed E-state index contributed by atoms with van der Waals surface area (Å²) in [6.45, 7) is 3.95. The van der Waals surface area contributed by atoms with Gasteiger partial charge in [0.05, 0.1) is 0 Å². The molecule has 2 N–H and O–H groups in total. The second-order valence-corrected chi connectivity index (χ2v) is 8.59. The molecule has 1 aromatic carbocycles. The highest BCUT2D eigenvalue weighted by Crippen LogP contribution is 2.48. The highest BCUT2D eigenvalue weighted by atomic mass is 16.2. The third-order valence-electron chi connectivity index (χ3n) is 6.25. The Morgan fingerprint density at radius 1 is 0.893 bits per heavy atom. The van der Waals surface area contributed by atoms with E-state index in [2.05, 4.69) is 15.6 Å². The van der Waals surface area contributed by atoms with E-state index in [9.17, 15) is 9.59 Å². The number of hydrogen-bond acceptors (Lipinski definition) is 3. The van der Waals surface area contributed by atoms with Crippen LogP contribution in [-0.2, 0) is 0 Å². The van der Waals surface area contributed by atoms with Crippen LogP contribution in [-0.4, -0.2) is 27.9 Å². The summed E-state index contributed by atoms with van der Waals surface area (Å²) >= 11 is 0. The van der Waals surface area contributed by atoms with Crippen molar-refractivity contribution < 1.29 is 9.59 Å². The SMILES string of the molecule is Cc1ccc(C(=O)NC23CCCC(NC(=O)c4cccc(C)c4)(CC2)C3)nc1. The second kappa shape index (κ2) is 7.04. The van der Waals surface area contributed by atoms with Crippen molar-refractivity contribution in [2.45, 2.75) is 63.5 Å². The van der Waals surface area contributed by atoms with Crippen molar-refractivity contribution in [3.63, 3.8) is 0 Å². The number of amides is 2. The molecule has 5 nitrogen and oxygen atoms in total. The lowest BCUT2D eigenvalue weighted by molar-refractivity contribution is 0.0829. The Balaban J connectivity index is 1.47. The number of nitrogens with zero attached hydrogens (tertiary/aromatic N) is 1. The van der Waals surface area contributed by atoms with Crippen molar-refractivity contribution in [3.05, 3.63) is 65.0 Å². The first kappa shape index (κ1) is 18.7. The third-order valence-corrected chi connectivity index (χ3v) is 6.25. The highest BCUT2D eigenvalue weighted by molar-refractivity contribution is 5.95. The molecule has 0 spiro atoms. The summed E-state index contributed by atoms with van der Waals surface area (Å²) in [6, 6.07) is 11.4. The summed E-state index contributed by atoms with van der Waals surface area (Å²) in [5.41, 5.74) is 2.78. The quantitative estimate of drug-likeness (QED) is 0.853. The van der Waals surface area contributed by atoms with Gasteiger partial charge in [-0.05, 0) is 76.1 Å². The van der Waals surface area contributed by atoms with E-state index in [1.807, 2.05) is 44.2 Å². The zero-order valence-corrected chi connectivity index (χ0v) is 16.5. The maximum Gasteiger partial charge on any atom is 0.270 e. The van der Waals surface area contributed by atoms with Gasteiger partial charge in [-0.1, -0.05) is 23.8 Å². The summed E-state index contributed by atoms with van der Waals surface area (Å²) in [6.07, 6.45) is 7.20. The molecule has 2 aliphatic carbocycles. The molecule has 2 saturated carbocycles. The first-order valence-corrected chi connectivity index (χ1v) is 10.0. The molecule has 2 amide bonds. The Bertz CT molecular complexity index is 908. The number of nitrogens with one attached hydrogen (secondary N) is 2. The minimum atomic E-state index is -0.248. The zero-order valence-electron chi connectivity index (χ0n) is 16.5. The number of aryl methyl sites for hydroxylation is 2. The average molecular weight is 377 g/mol. The fourth-order valence-electron chi connectivity index (χ4n) is 4.84. The minimum Gasteiger partial charge on any atom is -0.347 e. The van der Waals surface area contributed by atoms with Gasteiger partial charge in [0.25, 0.3) is 11.8 Å². The van der Waals surface area contributed by atoms with Crippen LogP contribution in [0.4, 0.5) is 0 Å². The Labute approximate surface area is 165 Å². The van der Waals surface area contributed by atoms with Crippen LogP contribution in [0.3, 0.4) is 0 Å². The summed E-state index contributed by atoms with van der Waals surface area (Å²) < 4.78 is 0. The molecule has 1 heterocycles. The molecular weight excluding hydrogens is 350 g/mol. The van der Waals surface area contributed by atoms with E-state index in [1.165, 1.54) is 0 Å². The van der Waals surface area contributed by atoms with E-state index >= 15 is 0 Å². The second-order valence-electron chi connectivity index (χ2n) is 8.59. The number of benzene rings is 1. The maximum atomic E-state index is 12.8. The standard InChI is InChI=1S/C23H27N3O2/c1-16-5-3-6-18(13-16)20(27)25-22-9-4-10-23(15-22,12-11-22)26-21(28)19-8-7-17(2)14-24-19/h3,5-8,13-14H,4,9-12,15H2,1-2H3,(H,25,27)(H,26,28). The van der Waals surface area contributed by atoms with E-state index in [4.69, 9.17) is 0 Å². The van der Waals surface area contributed by atoms with Gasteiger partial charge < -0.3 is 10.6 Å². The molecule has 2 fully saturated rings. The maximum absolute atomic E-state index is 12.8. The molecule has 146 valence electrons. The van der Waals surface area contributed by atoms with Crippen molar-refractivity contribution in [1.29, 1.82) is 0 Å². The van der Waals surface area contributed by atoms with Crippen LogP contribution in [0.15, 0.2) is 42.6 Å². The van der Waals surface area contributed by atoms with Crippen LogP contribution in [0.5, 0.6) is 0 Å². The Kier molecular flexibility index (Phi) is 4.69. The van der Waals surface area contributed by atoms with Crippen molar-refractivity contribution in [1.82, 2.24) is 15.6 Å². The summed E-state index contributed by atoms with van der Waals surface area (Å²) in [7, 11) is 0. The molecule has 28 heavy (non-hydrogen) atoms. The molecule has 0 saturated heterocycles. The largest absolute Gasteiger partial charge is 0.347 e. The Morgan fingerprint density at radius 3 is 2.25 bits per heavy atom. The number of hydrogen-bond donors (Lipinski definition) is 2. The predicted molar refractivity (Wildman–Crippen MR) is 108 cm³/mol. The van der Waals surface area contributed by atoms with Crippen LogP contribution in [0, 0.1) is 13.8 Å². The molecule has 2 atom stereocenters. The molecule has 2 aromatic rings. The fourth-order valence-corrected chi connectivity index (χ4v) is 4.84. The first-order chi connectivity index (χ1) is 13.4. The van der Waals surface area contributed by atoms with Gasteiger partial charge >= 0.3 is 0 Å². The van der Waals surface area contributed by atoms with Gasteiger partial charge in [-0.2, -0.15) is 0 Å². The third kappa shape index (κ3) is 3.66. The van der Waals surface area contributed by atoms with Crippen molar-refractivity contribution in [2.75, 3.05) is 0 Å². The van der Waals surface area contributed by atoms with E-state index in [-0.39, 0.29) is 22.9 Å². The van der Waals surface area contributed by atoms with Crippen molar-refractivity contribution in [3.8, 4) is 0 Å². The lowest BCUT2D eigenvalue weighted by Crippen LogP contribution is -2.55. The Morgan fingerprint density at radius 2 is 1.61 bits per heavy atom. The molecule has 0 aliphatic heterocycles. The molecule has 1 aromatic heterocycles. The predicted octanol–water partition coefficient (Wildman–Crippen LogP) is 3.70. The zero-order chi connectivity index (χ0) is 19.8. The van der Waals surface area contributed by atoms with Gasteiger partial charge in [-0.3, -0.25) is 14.6 Å². The first-order valence-electron chi connectivity index (χ1n) is 10.0. The van der Waals surface area contributed by atoms with Gasteiger partial charge in [0.15, 0.2) is 0 Å². The normalized spacial score (nSPS) is 25.9.